The number of fused-ring (bicyclic) bond motifs is 4. The Hall–Kier alpha value is -3.74. The number of aromatic amines is 2. The predicted octanol–water partition coefficient (Wildman–Crippen LogP) is 3.47. The van der Waals surface area contributed by atoms with Crippen LogP contribution in [0.15, 0.2) is 54.7 Å². The van der Waals surface area contributed by atoms with Gasteiger partial charge in [-0.1, -0.05) is 36.4 Å². The van der Waals surface area contributed by atoms with Crippen molar-refractivity contribution < 1.29 is 9.59 Å². The maximum absolute atomic E-state index is 12.6. The van der Waals surface area contributed by atoms with Crippen LogP contribution in [0.2, 0.25) is 0 Å². The zero-order valence-electron chi connectivity index (χ0n) is 17.9. The summed E-state index contributed by atoms with van der Waals surface area (Å²) in [5, 5.41) is 8.26. The highest BCUT2D eigenvalue weighted by Crippen LogP contribution is 2.27. The fraction of sp³-hybridized carbons (Fsp3) is 0.280. The molecule has 7 nitrogen and oxygen atoms in total. The average molecular weight is 430 g/mol. The second-order valence-corrected chi connectivity index (χ2v) is 8.24. The van der Waals surface area contributed by atoms with Gasteiger partial charge in [-0.2, -0.15) is 0 Å². The topological polar surface area (TPSA) is 93.0 Å². The number of urea groups is 1. The van der Waals surface area contributed by atoms with Gasteiger partial charge in [-0.25, -0.2) is 4.79 Å². The number of hydrogen-bond donors (Lipinski definition) is 4. The number of H-pyrrole nitrogens is 2. The number of amides is 3. The summed E-state index contributed by atoms with van der Waals surface area (Å²) < 4.78 is 0. The molecule has 7 heteroatoms. The van der Waals surface area contributed by atoms with Gasteiger partial charge in [0.05, 0.1) is 6.54 Å². The predicted molar refractivity (Wildman–Crippen MR) is 125 cm³/mol. The van der Waals surface area contributed by atoms with Crippen LogP contribution in [0, 0.1) is 0 Å². The molecule has 164 valence electrons. The van der Waals surface area contributed by atoms with Crippen molar-refractivity contribution in [1.29, 1.82) is 0 Å². The maximum Gasteiger partial charge on any atom is 0.317 e. The fourth-order valence-electron chi connectivity index (χ4n) is 4.52. The summed E-state index contributed by atoms with van der Waals surface area (Å²) in [7, 11) is 0. The van der Waals surface area contributed by atoms with Gasteiger partial charge in [0.2, 0.25) is 5.91 Å². The number of para-hydroxylation sites is 2. The van der Waals surface area contributed by atoms with Crippen LogP contribution in [0.3, 0.4) is 0 Å². The molecule has 0 radical (unpaired) electrons. The maximum atomic E-state index is 12.6. The Labute approximate surface area is 186 Å². The largest absolute Gasteiger partial charge is 0.361 e. The number of rotatable bonds is 6. The van der Waals surface area contributed by atoms with Crippen LogP contribution in [0.4, 0.5) is 4.79 Å². The Morgan fingerprint density at radius 1 is 0.938 bits per heavy atom. The Morgan fingerprint density at radius 3 is 2.59 bits per heavy atom. The van der Waals surface area contributed by atoms with E-state index in [1.165, 1.54) is 21.9 Å². The molecule has 0 atom stereocenters. The molecule has 3 heterocycles. The molecule has 2 aromatic heterocycles. The normalized spacial score (nSPS) is 13.3. The van der Waals surface area contributed by atoms with Crippen LogP contribution in [-0.4, -0.2) is 46.4 Å². The Balaban J connectivity index is 1.05. The Bertz CT molecular complexity index is 1270. The number of carbonyl (C=O) groups is 2. The van der Waals surface area contributed by atoms with E-state index in [9.17, 15) is 9.59 Å². The van der Waals surface area contributed by atoms with Crippen LogP contribution in [0.25, 0.3) is 21.8 Å². The van der Waals surface area contributed by atoms with Crippen molar-refractivity contribution in [2.45, 2.75) is 25.8 Å². The SMILES string of the molecule is O=C(CCNC(=O)N1CCc2c([nH]c3ccccc23)C1)NCCc1c[nH]c2ccccc12. The van der Waals surface area contributed by atoms with E-state index in [1.54, 1.807) is 4.90 Å². The molecule has 3 amide bonds. The number of nitrogens with one attached hydrogen (secondary N) is 4. The van der Waals surface area contributed by atoms with Gasteiger partial charge < -0.3 is 25.5 Å². The van der Waals surface area contributed by atoms with E-state index in [0.29, 0.717) is 26.2 Å². The molecule has 1 aliphatic rings. The fourth-order valence-corrected chi connectivity index (χ4v) is 4.52. The molecule has 0 saturated carbocycles. The van der Waals surface area contributed by atoms with Crippen molar-refractivity contribution in [2.75, 3.05) is 19.6 Å². The lowest BCUT2D eigenvalue weighted by molar-refractivity contribution is -0.120. The summed E-state index contributed by atoms with van der Waals surface area (Å²) in [5.41, 5.74) is 5.82. The number of benzene rings is 2. The van der Waals surface area contributed by atoms with E-state index < -0.39 is 0 Å². The average Bonchev–Trinajstić information content (AvgIpc) is 3.40. The van der Waals surface area contributed by atoms with Gasteiger partial charge in [-0.3, -0.25) is 4.79 Å². The molecule has 32 heavy (non-hydrogen) atoms. The van der Waals surface area contributed by atoms with Crippen molar-refractivity contribution >= 4 is 33.7 Å². The van der Waals surface area contributed by atoms with Gasteiger partial charge in [0.15, 0.2) is 0 Å². The number of nitrogens with zero attached hydrogens (tertiary/aromatic N) is 1. The van der Waals surface area contributed by atoms with Gasteiger partial charge >= 0.3 is 6.03 Å². The molecule has 1 aliphatic heterocycles. The Kier molecular flexibility index (Phi) is 5.54. The lowest BCUT2D eigenvalue weighted by Gasteiger charge is -2.27. The highest BCUT2D eigenvalue weighted by atomic mass is 16.2. The smallest absolute Gasteiger partial charge is 0.317 e. The van der Waals surface area contributed by atoms with Gasteiger partial charge in [0, 0.05) is 59.8 Å². The van der Waals surface area contributed by atoms with E-state index in [2.05, 4.69) is 38.8 Å². The van der Waals surface area contributed by atoms with Crippen molar-refractivity contribution in [2.24, 2.45) is 0 Å². The summed E-state index contributed by atoms with van der Waals surface area (Å²) in [6.45, 7) is 2.14. The summed E-state index contributed by atoms with van der Waals surface area (Å²) in [5.74, 6) is -0.0540. The molecule has 0 unspecified atom stereocenters. The summed E-state index contributed by atoms with van der Waals surface area (Å²) in [4.78, 5) is 33.2. The first-order valence-corrected chi connectivity index (χ1v) is 11.1. The number of aromatic nitrogens is 2. The van der Waals surface area contributed by atoms with E-state index in [0.717, 1.165) is 29.6 Å². The van der Waals surface area contributed by atoms with Crippen molar-refractivity contribution in [3.05, 3.63) is 71.5 Å². The minimum absolute atomic E-state index is 0.0540. The van der Waals surface area contributed by atoms with Crippen LogP contribution in [0.5, 0.6) is 0 Å². The molecule has 4 N–H and O–H groups in total. The van der Waals surface area contributed by atoms with Crippen molar-refractivity contribution in [3.8, 4) is 0 Å². The molecule has 5 rings (SSSR count). The summed E-state index contributed by atoms with van der Waals surface area (Å²) >= 11 is 0. The number of hydrogen-bond acceptors (Lipinski definition) is 2. The second-order valence-electron chi connectivity index (χ2n) is 8.24. The molecule has 4 aromatic rings. The number of carbonyl (C=O) groups excluding carboxylic acids is 2. The monoisotopic (exact) mass is 429 g/mol. The van der Waals surface area contributed by atoms with E-state index >= 15 is 0 Å². The molecular formula is C25H27N5O2. The molecule has 0 fully saturated rings. The van der Waals surface area contributed by atoms with E-state index in [1.807, 2.05) is 36.5 Å². The van der Waals surface area contributed by atoms with Crippen molar-refractivity contribution in [3.63, 3.8) is 0 Å². The zero-order valence-corrected chi connectivity index (χ0v) is 17.9. The standard InChI is InChI=1S/C25H27N5O2/c31-24(26-12-9-17-15-28-21-7-3-1-5-18(17)21)10-13-27-25(32)30-14-11-20-19-6-2-4-8-22(19)29-23(20)16-30/h1-8,15,28-29H,9-14,16H2,(H,26,31)(H,27,32). The first-order chi connectivity index (χ1) is 15.7. The third kappa shape index (κ3) is 4.06. The zero-order chi connectivity index (χ0) is 21.9. The molecule has 0 bridgehead atoms. The second kappa shape index (κ2) is 8.78. The quantitative estimate of drug-likeness (QED) is 0.378. The highest BCUT2D eigenvalue weighted by molar-refractivity contribution is 5.86. The van der Waals surface area contributed by atoms with E-state index in [-0.39, 0.29) is 18.4 Å². The molecule has 0 saturated heterocycles. The van der Waals surface area contributed by atoms with Gasteiger partial charge in [0.1, 0.15) is 0 Å². The van der Waals surface area contributed by atoms with Gasteiger partial charge in [-0.15, -0.1) is 0 Å². The van der Waals surface area contributed by atoms with Crippen LogP contribution in [0.1, 0.15) is 23.2 Å². The first-order valence-electron chi connectivity index (χ1n) is 11.1. The molecule has 2 aromatic carbocycles. The van der Waals surface area contributed by atoms with Crippen LogP contribution >= 0.6 is 0 Å². The van der Waals surface area contributed by atoms with Crippen LogP contribution < -0.4 is 10.6 Å². The summed E-state index contributed by atoms with van der Waals surface area (Å²) in [6.07, 6.45) is 3.86. The third-order valence-electron chi connectivity index (χ3n) is 6.19. The van der Waals surface area contributed by atoms with Crippen LogP contribution in [-0.2, 0) is 24.2 Å². The molecule has 0 spiro atoms. The van der Waals surface area contributed by atoms with Gasteiger partial charge in [0.25, 0.3) is 0 Å². The van der Waals surface area contributed by atoms with Crippen molar-refractivity contribution in [1.82, 2.24) is 25.5 Å². The minimum Gasteiger partial charge on any atom is -0.361 e. The Morgan fingerprint density at radius 2 is 1.72 bits per heavy atom. The minimum atomic E-state index is -0.124. The third-order valence-corrected chi connectivity index (χ3v) is 6.19. The lowest BCUT2D eigenvalue weighted by Crippen LogP contribution is -2.43. The lowest BCUT2D eigenvalue weighted by atomic mass is 10.0. The molecular weight excluding hydrogens is 402 g/mol. The molecule has 0 aliphatic carbocycles. The summed E-state index contributed by atoms with van der Waals surface area (Å²) in [6, 6.07) is 16.3. The van der Waals surface area contributed by atoms with E-state index in [4.69, 9.17) is 0 Å². The van der Waals surface area contributed by atoms with Gasteiger partial charge in [-0.05, 0) is 36.1 Å². The first kappa shape index (κ1) is 20.2. The highest BCUT2D eigenvalue weighted by Gasteiger charge is 2.23.